The zero-order valence-electron chi connectivity index (χ0n) is 15.3. The van der Waals surface area contributed by atoms with Gasteiger partial charge in [-0.1, -0.05) is 0 Å². The van der Waals surface area contributed by atoms with E-state index in [2.05, 4.69) is 15.4 Å². The van der Waals surface area contributed by atoms with Crippen LogP contribution in [0.2, 0.25) is 0 Å². The van der Waals surface area contributed by atoms with Gasteiger partial charge in [0, 0.05) is 24.8 Å². The SMILES string of the molecule is CC1Cn2ncc(N3CCCC3=O)c2CN1C(=O)Nc1ccnc(C(F)F)c1. The summed E-state index contributed by atoms with van der Waals surface area (Å²) in [6.45, 7) is 3.30. The van der Waals surface area contributed by atoms with Crippen molar-refractivity contribution in [3.8, 4) is 0 Å². The number of nitrogens with one attached hydrogen (secondary N) is 1. The lowest BCUT2D eigenvalue weighted by molar-refractivity contribution is -0.117. The Bertz CT molecular complexity index is 915. The fourth-order valence-corrected chi connectivity index (χ4v) is 3.63. The van der Waals surface area contributed by atoms with Gasteiger partial charge in [-0.2, -0.15) is 5.10 Å². The number of alkyl halides is 2. The predicted molar refractivity (Wildman–Crippen MR) is 97.0 cm³/mol. The van der Waals surface area contributed by atoms with Crippen molar-refractivity contribution in [3.05, 3.63) is 35.9 Å². The zero-order chi connectivity index (χ0) is 19.8. The molecule has 0 aromatic carbocycles. The largest absolute Gasteiger partial charge is 0.322 e. The van der Waals surface area contributed by atoms with Gasteiger partial charge in [0.05, 0.1) is 36.7 Å². The Morgan fingerprint density at radius 2 is 2.21 bits per heavy atom. The molecule has 1 atom stereocenters. The number of rotatable bonds is 3. The molecule has 2 aromatic heterocycles. The van der Waals surface area contributed by atoms with Gasteiger partial charge in [0.1, 0.15) is 5.69 Å². The van der Waals surface area contributed by atoms with E-state index in [-0.39, 0.29) is 24.2 Å². The maximum atomic E-state index is 12.8. The molecule has 1 saturated heterocycles. The molecule has 28 heavy (non-hydrogen) atoms. The summed E-state index contributed by atoms with van der Waals surface area (Å²) >= 11 is 0. The summed E-state index contributed by atoms with van der Waals surface area (Å²) in [5, 5.41) is 7.03. The number of halogens is 2. The van der Waals surface area contributed by atoms with E-state index in [1.807, 2.05) is 11.6 Å². The molecule has 2 aromatic rings. The molecule has 4 heterocycles. The van der Waals surface area contributed by atoms with Crippen LogP contribution < -0.4 is 10.2 Å². The van der Waals surface area contributed by atoms with Crippen LogP contribution in [0.1, 0.15) is 37.6 Å². The third-order valence-electron chi connectivity index (χ3n) is 5.10. The number of fused-ring (bicyclic) bond motifs is 1. The van der Waals surface area contributed by atoms with Crippen LogP contribution in [-0.4, -0.2) is 44.2 Å². The van der Waals surface area contributed by atoms with Gasteiger partial charge >= 0.3 is 6.03 Å². The van der Waals surface area contributed by atoms with E-state index in [0.717, 1.165) is 23.9 Å². The van der Waals surface area contributed by atoms with Crippen molar-refractivity contribution in [2.24, 2.45) is 0 Å². The summed E-state index contributed by atoms with van der Waals surface area (Å²) < 4.78 is 27.5. The molecule has 8 nitrogen and oxygen atoms in total. The minimum Gasteiger partial charge on any atom is -0.314 e. The van der Waals surface area contributed by atoms with Gasteiger partial charge in [0.25, 0.3) is 6.43 Å². The van der Waals surface area contributed by atoms with Gasteiger partial charge in [-0.3, -0.25) is 14.5 Å². The van der Waals surface area contributed by atoms with E-state index >= 15 is 0 Å². The van der Waals surface area contributed by atoms with E-state index < -0.39 is 18.2 Å². The first-order valence-corrected chi connectivity index (χ1v) is 9.11. The van der Waals surface area contributed by atoms with Gasteiger partial charge in [-0.05, 0) is 25.5 Å². The first-order chi connectivity index (χ1) is 13.4. The van der Waals surface area contributed by atoms with Crippen molar-refractivity contribution >= 4 is 23.3 Å². The molecule has 0 bridgehead atoms. The van der Waals surface area contributed by atoms with Gasteiger partial charge < -0.3 is 15.1 Å². The van der Waals surface area contributed by atoms with E-state index in [1.165, 1.54) is 12.3 Å². The Morgan fingerprint density at radius 1 is 1.39 bits per heavy atom. The lowest BCUT2D eigenvalue weighted by Crippen LogP contribution is -2.47. The molecule has 0 radical (unpaired) electrons. The fourth-order valence-electron chi connectivity index (χ4n) is 3.63. The van der Waals surface area contributed by atoms with Crippen molar-refractivity contribution < 1.29 is 18.4 Å². The lowest BCUT2D eigenvalue weighted by Gasteiger charge is -2.35. The summed E-state index contributed by atoms with van der Waals surface area (Å²) in [4.78, 5) is 31.8. The van der Waals surface area contributed by atoms with Gasteiger partial charge in [-0.25, -0.2) is 13.6 Å². The highest BCUT2D eigenvalue weighted by Crippen LogP contribution is 2.30. The van der Waals surface area contributed by atoms with Crippen molar-refractivity contribution in [1.82, 2.24) is 19.7 Å². The van der Waals surface area contributed by atoms with Crippen LogP contribution in [0.25, 0.3) is 0 Å². The van der Waals surface area contributed by atoms with Crippen LogP contribution in [0, 0.1) is 0 Å². The maximum absolute atomic E-state index is 12.8. The number of carbonyl (C=O) groups excluding carboxylic acids is 2. The Kier molecular flexibility index (Phi) is 4.70. The number of hydrogen-bond donors (Lipinski definition) is 1. The van der Waals surface area contributed by atoms with Crippen molar-refractivity contribution in [3.63, 3.8) is 0 Å². The average molecular weight is 390 g/mol. The molecule has 1 N–H and O–H groups in total. The van der Waals surface area contributed by atoms with E-state index in [0.29, 0.717) is 19.5 Å². The number of amides is 3. The molecule has 148 valence electrons. The number of aromatic nitrogens is 3. The summed E-state index contributed by atoms with van der Waals surface area (Å²) in [5.41, 5.74) is 1.40. The molecule has 1 fully saturated rings. The minimum atomic E-state index is -2.71. The Morgan fingerprint density at radius 3 is 2.93 bits per heavy atom. The highest BCUT2D eigenvalue weighted by atomic mass is 19.3. The molecular weight excluding hydrogens is 370 g/mol. The van der Waals surface area contributed by atoms with Crippen molar-refractivity contribution in [1.29, 1.82) is 0 Å². The third-order valence-corrected chi connectivity index (χ3v) is 5.10. The lowest BCUT2D eigenvalue weighted by atomic mass is 10.2. The number of urea groups is 1. The molecule has 3 amide bonds. The summed E-state index contributed by atoms with van der Waals surface area (Å²) in [5.74, 6) is 0.0572. The molecular formula is C18H20F2N6O2. The molecule has 2 aliphatic rings. The molecule has 10 heteroatoms. The number of anilines is 2. The van der Waals surface area contributed by atoms with E-state index in [1.54, 1.807) is 16.0 Å². The second-order valence-electron chi connectivity index (χ2n) is 6.98. The molecule has 4 rings (SSSR count). The second-order valence-corrected chi connectivity index (χ2v) is 6.98. The molecule has 2 aliphatic heterocycles. The Hall–Kier alpha value is -3.04. The van der Waals surface area contributed by atoms with Crippen LogP contribution >= 0.6 is 0 Å². The van der Waals surface area contributed by atoms with Crippen LogP contribution in [0.4, 0.5) is 25.0 Å². The summed E-state index contributed by atoms with van der Waals surface area (Å²) in [6.07, 6.45) is 1.52. The Labute approximate surface area is 160 Å². The number of pyridine rings is 1. The maximum Gasteiger partial charge on any atom is 0.322 e. The quantitative estimate of drug-likeness (QED) is 0.874. The van der Waals surface area contributed by atoms with Crippen LogP contribution in [0.3, 0.4) is 0 Å². The first-order valence-electron chi connectivity index (χ1n) is 9.11. The van der Waals surface area contributed by atoms with Crippen LogP contribution in [0.15, 0.2) is 24.5 Å². The number of carbonyl (C=O) groups is 2. The Balaban J connectivity index is 1.54. The monoisotopic (exact) mass is 390 g/mol. The van der Waals surface area contributed by atoms with Crippen LogP contribution in [-0.2, 0) is 17.9 Å². The summed E-state index contributed by atoms with van der Waals surface area (Å²) in [7, 11) is 0. The highest BCUT2D eigenvalue weighted by molar-refractivity contribution is 5.96. The van der Waals surface area contributed by atoms with E-state index in [4.69, 9.17) is 0 Å². The molecule has 0 saturated carbocycles. The average Bonchev–Trinajstić information content (AvgIpc) is 3.26. The minimum absolute atomic E-state index is 0.0572. The molecule has 0 spiro atoms. The summed E-state index contributed by atoms with van der Waals surface area (Å²) in [6, 6.07) is 2.09. The number of nitrogens with zero attached hydrogens (tertiary/aromatic N) is 5. The van der Waals surface area contributed by atoms with Crippen LogP contribution in [0.5, 0.6) is 0 Å². The third kappa shape index (κ3) is 3.30. The first kappa shape index (κ1) is 18.3. The second kappa shape index (κ2) is 7.17. The predicted octanol–water partition coefficient (Wildman–Crippen LogP) is 2.78. The van der Waals surface area contributed by atoms with Gasteiger partial charge in [-0.15, -0.1) is 0 Å². The standard InChI is InChI=1S/C18H20F2N6O2/c1-11-9-26-15(14(8-22-26)24-6-2-3-16(24)27)10-25(11)18(28)23-12-4-5-21-13(7-12)17(19)20/h4-5,7-8,11,17H,2-3,6,9-10H2,1H3,(H,21,23,28). The molecule has 1 unspecified atom stereocenters. The van der Waals surface area contributed by atoms with E-state index in [9.17, 15) is 18.4 Å². The highest BCUT2D eigenvalue weighted by Gasteiger charge is 2.33. The topological polar surface area (TPSA) is 83.4 Å². The zero-order valence-corrected chi connectivity index (χ0v) is 15.3. The normalized spacial score (nSPS) is 19.3. The molecule has 0 aliphatic carbocycles. The van der Waals surface area contributed by atoms with Crippen molar-refractivity contribution in [2.75, 3.05) is 16.8 Å². The fraction of sp³-hybridized carbons (Fsp3) is 0.444. The van der Waals surface area contributed by atoms with Gasteiger partial charge in [0.2, 0.25) is 5.91 Å². The number of hydrogen-bond acceptors (Lipinski definition) is 4. The van der Waals surface area contributed by atoms with Crippen molar-refractivity contribution in [2.45, 2.75) is 45.3 Å². The van der Waals surface area contributed by atoms with Gasteiger partial charge in [0.15, 0.2) is 0 Å². The smallest absolute Gasteiger partial charge is 0.314 e.